The molecule has 0 spiro atoms. The van der Waals surface area contributed by atoms with E-state index in [0.29, 0.717) is 17.9 Å². The molecule has 138 valence electrons. The quantitative estimate of drug-likeness (QED) is 0.731. The molecule has 1 aliphatic heterocycles. The van der Waals surface area contributed by atoms with Crippen molar-refractivity contribution in [2.45, 2.75) is 41.5 Å². The number of rotatable bonds is 1. The maximum atomic E-state index is 10.2. The first-order valence-corrected chi connectivity index (χ1v) is 9.22. The van der Waals surface area contributed by atoms with Crippen molar-refractivity contribution in [2.24, 2.45) is 21.2 Å². The molecule has 0 atom stereocenters. The van der Waals surface area contributed by atoms with E-state index in [2.05, 4.69) is 65.6 Å². The summed E-state index contributed by atoms with van der Waals surface area (Å²) in [6.45, 7) is 18.7. The van der Waals surface area contributed by atoms with E-state index < -0.39 is 0 Å². The lowest BCUT2D eigenvalue weighted by Gasteiger charge is -2.43. The fourth-order valence-corrected chi connectivity index (χ4v) is 4.21. The lowest BCUT2D eigenvalue weighted by Crippen LogP contribution is -2.37. The van der Waals surface area contributed by atoms with Gasteiger partial charge in [-0.25, -0.2) is 0 Å². The third-order valence-electron chi connectivity index (χ3n) is 7.06. The van der Waals surface area contributed by atoms with Gasteiger partial charge in [0.15, 0.2) is 0 Å². The van der Waals surface area contributed by atoms with Crippen molar-refractivity contribution >= 4 is 5.84 Å². The number of benzene rings is 1. The molecule has 1 saturated carbocycles. The SMILES string of the molecule is C=C1C=C2/C(=C\CN=C(c3ccccc3O)N1)C(C)(C)C(C)(C)C2(C)C. The van der Waals surface area contributed by atoms with Crippen LogP contribution in [0.3, 0.4) is 0 Å². The largest absolute Gasteiger partial charge is 0.507 e. The summed E-state index contributed by atoms with van der Waals surface area (Å²) in [5.41, 5.74) is 4.27. The molecule has 1 aliphatic carbocycles. The summed E-state index contributed by atoms with van der Waals surface area (Å²) in [5, 5.41) is 13.5. The number of hydrogen-bond donors (Lipinski definition) is 2. The molecule has 26 heavy (non-hydrogen) atoms. The minimum atomic E-state index is 0.00629. The molecule has 3 rings (SSSR count). The minimum absolute atomic E-state index is 0.00629. The highest BCUT2D eigenvalue weighted by atomic mass is 16.3. The molecule has 1 heterocycles. The fraction of sp³-hybridized carbons (Fsp3) is 0.435. The Balaban J connectivity index is 2.13. The predicted octanol–water partition coefficient (Wildman–Crippen LogP) is 5.20. The number of nitrogens with zero attached hydrogens (tertiary/aromatic N) is 1. The molecule has 0 unspecified atom stereocenters. The molecule has 1 aromatic rings. The van der Waals surface area contributed by atoms with Gasteiger partial charge in [0.1, 0.15) is 11.6 Å². The van der Waals surface area contributed by atoms with Crippen molar-refractivity contribution < 1.29 is 5.11 Å². The molecular formula is C23H30N2O. The Morgan fingerprint density at radius 2 is 1.62 bits per heavy atom. The molecular weight excluding hydrogens is 320 g/mol. The van der Waals surface area contributed by atoms with Crippen molar-refractivity contribution in [3.8, 4) is 5.75 Å². The van der Waals surface area contributed by atoms with Crippen molar-refractivity contribution in [1.82, 2.24) is 5.32 Å². The second-order valence-electron chi connectivity index (χ2n) is 8.91. The Hall–Kier alpha value is -2.29. The van der Waals surface area contributed by atoms with E-state index in [1.165, 1.54) is 11.1 Å². The summed E-state index contributed by atoms with van der Waals surface area (Å²) in [5.74, 6) is 0.865. The van der Waals surface area contributed by atoms with Crippen LogP contribution in [0.1, 0.15) is 47.1 Å². The molecule has 2 N–H and O–H groups in total. The monoisotopic (exact) mass is 350 g/mol. The van der Waals surface area contributed by atoms with Crippen molar-refractivity contribution in [3.05, 3.63) is 65.4 Å². The van der Waals surface area contributed by atoms with Crippen LogP contribution < -0.4 is 5.32 Å². The summed E-state index contributed by atoms with van der Waals surface area (Å²) in [6.07, 6.45) is 4.39. The number of phenols is 1. The van der Waals surface area contributed by atoms with E-state index in [1.54, 1.807) is 6.07 Å². The zero-order valence-electron chi connectivity index (χ0n) is 16.8. The number of nitrogens with one attached hydrogen (secondary N) is 1. The van der Waals surface area contributed by atoms with Gasteiger partial charge in [0.2, 0.25) is 0 Å². The van der Waals surface area contributed by atoms with E-state index in [-0.39, 0.29) is 22.0 Å². The van der Waals surface area contributed by atoms with Gasteiger partial charge in [-0.3, -0.25) is 4.99 Å². The lowest BCUT2D eigenvalue weighted by atomic mass is 9.60. The zero-order valence-corrected chi connectivity index (χ0v) is 16.8. The number of hydrogen-bond acceptors (Lipinski definition) is 3. The zero-order chi connectivity index (χ0) is 19.3. The Morgan fingerprint density at radius 1 is 1.00 bits per heavy atom. The Morgan fingerprint density at radius 3 is 2.27 bits per heavy atom. The standard InChI is InChI=1S/C23H30N2O/c1-15-14-18-17(21(2,3)23(6,7)22(18,4)5)12-13-24-20(25-15)16-10-8-9-11-19(16)26/h8-12,14,26H,1,13H2,2-7H3,(H,24,25)/b17-12+,18-14?. The third-order valence-corrected chi connectivity index (χ3v) is 7.06. The van der Waals surface area contributed by atoms with Gasteiger partial charge < -0.3 is 10.4 Å². The molecule has 0 radical (unpaired) electrons. The Kier molecular flexibility index (Phi) is 4.18. The Bertz CT molecular complexity index is 851. The number of fused-ring (bicyclic) bond motifs is 1. The van der Waals surface area contributed by atoms with Crippen LogP contribution in [0.5, 0.6) is 5.75 Å². The summed E-state index contributed by atoms with van der Waals surface area (Å²) in [6, 6.07) is 7.25. The number of phenolic OH excluding ortho intramolecular Hbond substituents is 1. The van der Waals surface area contributed by atoms with E-state index >= 15 is 0 Å². The molecule has 0 aromatic heterocycles. The van der Waals surface area contributed by atoms with E-state index in [4.69, 9.17) is 4.99 Å². The highest BCUT2D eigenvalue weighted by molar-refractivity contribution is 6.02. The maximum absolute atomic E-state index is 10.2. The first kappa shape index (κ1) is 18.5. The molecule has 3 nitrogen and oxygen atoms in total. The molecule has 1 fully saturated rings. The third kappa shape index (κ3) is 2.53. The average Bonchev–Trinajstić information content (AvgIpc) is 2.70. The highest BCUT2D eigenvalue weighted by Crippen LogP contribution is 2.67. The number of allylic oxidation sites excluding steroid dienone is 3. The molecule has 1 aromatic carbocycles. The number of aromatic hydroxyl groups is 1. The van der Waals surface area contributed by atoms with Crippen LogP contribution >= 0.6 is 0 Å². The van der Waals surface area contributed by atoms with Crippen LogP contribution in [0, 0.1) is 16.2 Å². The second-order valence-corrected chi connectivity index (χ2v) is 8.91. The van der Waals surface area contributed by atoms with Gasteiger partial charge in [-0.2, -0.15) is 0 Å². The second kappa shape index (κ2) is 5.87. The van der Waals surface area contributed by atoms with E-state index in [1.807, 2.05) is 18.2 Å². The summed E-state index contributed by atoms with van der Waals surface area (Å²) in [7, 11) is 0. The van der Waals surface area contributed by atoms with Crippen LogP contribution in [0.25, 0.3) is 0 Å². The normalized spacial score (nSPS) is 25.5. The predicted molar refractivity (Wildman–Crippen MR) is 109 cm³/mol. The van der Waals surface area contributed by atoms with Crippen LogP contribution in [0.4, 0.5) is 0 Å². The van der Waals surface area contributed by atoms with Gasteiger partial charge in [-0.1, -0.05) is 66.3 Å². The molecule has 0 saturated heterocycles. The van der Waals surface area contributed by atoms with Crippen molar-refractivity contribution in [1.29, 1.82) is 0 Å². The first-order valence-electron chi connectivity index (χ1n) is 9.22. The lowest BCUT2D eigenvalue weighted by molar-refractivity contribution is 0.0751. The van der Waals surface area contributed by atoms with Crippen molar-refractivity contribution in [3.63, 3.8) is 0 Å². The van der Waals surface area contributed by atoms with Gasteiger partial charge >= 0.3 is 0 Å². The fourth-order valence-electron chi connectivity index (χ4n) is 4.21. The van der Waals surface area contributed by atoms with Crippen LogP contribution in [0.15, 0.2) is 64.8 Å². The van der Waals surface area contributed by atoms with E-state index in [9.17, 15) is 5.11 Å². The van der Waals surface area contributed by atoms with Gasteiger partial charge in [-0.15, -0.1) is 0 Å². The van der Waals surface area contributed by atoms with Gasteiger partial charge in [0, 0.05) is 5.70 Å². The highest BCUT2D eigenvalue weighted by Gasteiger charge is 2.58. The van der Waals surface area contributed by atoms with E-state index in [0.717, 1.165) is 5.70 Å². The Labute approximate surface area is 157 Å². The number of aliphatic imine (C=N–C) groups is 1. The topological polar surface area (TPSA) is 44.6 Å². The minimum Gasteiger partial charge on any atom is -0.507 e. The van der Waals surface area contributed by atoms with Gasteiger partial charge in [0.05, 0.1) is 12.1 Å². The number of amidine groups is 1. The molecule has 3 heteroatoms. The summed E-state index contributed by atoms with van der Waals surface area (Å²) >= 11 is 0. The maximum Gasteiger partial charge on any atom is 0.136 e. The van der Waals surface area contributed by atoms with Crippen LogP contribution in [0.2, 0.25) is 0 Å². The molecule has 0 amide bonds. The smallest absolute Gasteiger partial charge is 0.136 e. The van der Waals surface area contributed by atoms with Crippen LogP contribution in [-0.2, 0) is 0 Å². The van der Waals surface area contributed by atoms with Crippen molar-refractivity contribution in [2.75, 3.05) is 6.54 Å². The average molecular weight is 351 g/mol. The summed E-state index contributed by atoms with van der Waals surface area (Å²) in [4.78, 5) is 4.72. The molecule has 0 bridgehead atoms. The van der Waals surface area contributed by atoms with Gasteiger partial charge in [-0.05, 0) is 45.6 Å². The van der Waals surface area contributed by atoms with Crippen LogP contribution in [-0.4, -0.2) is 17.5 Å². The number of para-hydroxylation sites is 1. The van der Waals surface area contributed by atoms with Gasteiger partial charge in [0.25, 0.3) is 0 Å². The first-order chi connectivity index (χ1) is 12.0. The summed E-state index contributed by atoms with van der Waals surface area (Å²) < 4.78 is 0. The molecule has 2 aliphatic rings.